The Balaban J connectivity index is 1.75. The minimum Gasteiger partial charge on any atom is -0.378 e. The van der Waals surface area contributed by atoms with E-state index in [2.05, 4.69) is 0 Å². The zero-order valence-corrected chi connectivity index (χ0v) is 16.1. The van der Waals surface area contributed by atoms with Gasteiger partial charge in [-0.1, -0.05) is 66.4 Å². The minimum atomic E-state index is -0.221. The van der Waals surface area contributed by atoms with Crippen molar-refractivity contribution in [3.05, 3.63) is 70.6 Å². The van der Waals surface area contributed by atoms with Gasteiger partial charge in [0.1, 0.15) is 4.32 Å². The van der Waals surface area contributed by atoms with Crippen molar-refractivity contribution < 1.29 is 9.59 Å². The van der Waals surface area contributed by atoms with Gasteiger partial charge in [0.15, 0.2) is 5.78 Å². The zero-order chi connectivity index (χ0) is 18.7. The number of carbonyl (C=O) groups excluding carboxylic acids is 2. The average molecular weight is 383 g/mol. The van der Waals surface area contributed by atoms with Crippen molar-refractivity contribution in [2.24, 2.45) is 0 Å². The number of carbonyl (C=O) groups is 2. The molecule has 0 aromatic heterocycles. The number of thiocarbonyl (C=S) groups is 1. The second-order valence-electron chi connectivity index (χ2n) is 6.04. The van der Waals surface area contributed by atoms with Crippen LogP contribution in [-0.4, -0.2) is 41.6 Å². The predicted molar refractivity (Wildman–Crippen MR) is 111 cm³/mol. The third kappa shape index (κ3) is 4.03. The number of Topliss-reactive ketones (excluding diaryl/α,β-unsaturated/α-hetero) is 1. The number of rotatable bonds is 5. The molecular formula is C20H18N2O2S2. The lowest BCUT2D eigenvalue weighted by molar-refractivity contribution is -0.121. The average Bonchev–Trinajstić information content (AvgIpc) is 2.90. The quantitative estimate of drug-likeness (QED) is 0.446. The molecule has 1 saturated heterocycles. The molecule has 0 saturated carbocycles. The lowest BCUT2D eigenvalue weighted by Gasteiger charge is -2.13. The molecule has 1 aliphatic rings. The Kier molecular flexibility index (Phi) is 5.54. The molecule has 0 aliphatic carbocycles. The van der Waals surface area contributed by atoms with Crippen LogP contribution >= 0.6 is 24.0 Å². The van der Waals surface area contributed by atoms with Crippen molar-refractivity contribution in [1.82, 2.24) is 4.90 Å². The van der Waals surface area contributed by atoms with Gasteiger partial charge in [0.2, 0.25) is 0 Å². The summed E-state index contributed by atoms with van der Waals surface area (Å²) < 4.78 is 0.412. The topological polar surface area (TPSA) is 40.6 Å². The second kappa shape index (κ2) is 7.85. The number of anilines is 1. The third-order valence-corrected chi connectivity index (χ3v) is 5.36. The van der Waals surface area contributed by atoms with Crippen molar-refractivity contribution in [3.63, 3.8) is 0 Å². The molecule has 0 N–H and O–H groups in total. The summed E-state index contributed by atoms with van der Waals surface area (Å²) in [6.07, 6.45) is 1.81. The molecule has 1 amide bonds. The number of nitrogens with zero attached hydrogens (tertiary/aromatic N) is 2. The van der Waals surface area contributed by atoms with E-state index >= 15 is 0 Å². The van der Waals surface area contributed by atoms with Crippen molar-refractivity contribution in [2.75, 3.05) is 25.5 Å². The van der Waals surface area contributed by atoms with Gasteiger partial charge in [-0.25, -0.2) is 0 Å². The summed E-state index contributed by atoms with van der Waals surface area (Å²) in [5.41, 5.74) is 2.58. The Morgan fingerprint density at radius 3 is 2.38 bits per heavy atom. The molecule has 0 spiro atoms. The van der Waals surface area contributed by atoms with E-state index in [0.717, 1.165) is 11.3 Å². The van der Waals surface area contributed by atoms with Crippen molar-refractivity contribution >= 4 is 51.8 Å². The Morgan fingerprint density at radius 1 is 1.12 bits per heavy atom. The molecule has 0 atom stereocenters. The van der Waals surface area contributed by atoms with Crippen LogP contribution in [-0.2, 0) is 4.79 Å². The van der Waals surface area contributed by atoms with Gasteiger partial charge in [0, 0.05) is 25.3 Å². The molecule has 3 rings (SSSR count). The predicted octanol–water partition coefficient (Wildman–Crippen LogP) is 3.84. The number of ketones is 1. The smallest absolute Gasteiger partial charge is 0.266 e. The Morgan fingerprint density at radius 2 is 1.77 bits per heavy atom. The second-order valence-corrected chi connectivity index (χ2v) is 7.72. The maximum absolute atomic E-state index is 12.7. The van der Waals surface area contributed by atoms with Crippen LogP contribution in [0.1, 0.15) is 15.9 Å². The maximum Gasteiger partial charge on any atom is 0.266 e. The molecule has 6 heteroatoms. The van der Waals surface area contributed by atoms with Crippen LogP contribution in [0.4, 0.5) is 5.69 Å². The van der Waals surface area contributed by atoms with Gasteiger partial charge in [0.25, 0.3) is 5.91 Å². The van der Waals surface area contributed by atoms with Crippen LogP contribution in [0.5, 0.6) is 0 Å². The molecule has 1 aliphatic heterocycles. The van der Waals surface area contributed by atoms with Crippen LogP contribution < -0.4 is 4.90 Å². The number of thioether (sulfide) groups is 1. The molecule has 2 aromatic rings. The fourth-order valence-corrected chi connectivity index (χ4v) is 3.77. The van der Waals surface area contributed by atoms with Crippen LogP contribution in [0.25, 0.3) is 6.08 Å². The van der Waals surface area contributed by atoms with Crippen LogP contribution in [0, 0.1) is 0 Å². The number of hydrogen-bond donors (Lipinski definition) is 0. The molecule has 1 fully saturated rings. The Labute approximate surface area is 162 Å². The Hall–Kier alpha value is -2.44. The zero-order valence-electron chi connectivity index (χ0n) is 14.5. The fraction of sp³-hybridized carbons (Fsp3) is 0.150. The highest BCUT2D eigenvalue weighted by Crippen LogP contribution is 2.32. The first kappa shape index (κ1) is 18.4. The van der Waals surface area contributed by atoms with Crippen LogP contribution in [0.15, 0.2) is 59.5 Å². The van der Waals surface area contributed by atoms with E-state index in [1.807, 2.05) is 55.4 Å². The van der Waals surface area contributed by atoms with Gasteiger partial charge >= 0.3 is 0 Å². The van der Waals surface area contributed by atoms with Gasteiger partial charge < -0.3 is 4.90 Å². The first-order valence-electron chi connectivity index (χ1n) is 8.07. The normalized spacial score (nSPS) is 15.6. The summed E-state index contributed by atoms with van der Waals surface area (Å²) >= 11 is 6.53. The number of hydrogen-bond acceptors (Lipinski definition) is 5. The Bertz CT molecular complexity index is 874. The molecule has 0 unspecified atom stereocenters. The molecule has 0 bridgehead atoms. The third-order valence-electron chi connectivity index (χ3n) is 3.98. The fourth-order valence-electron chi connectivity index (χ4n) is 2.52. The first-order chi connectivity index (χ1) is 12.5. The minimum absolute atomic E-state index is 0.0361. The summed E-state index contributed by atoms with van der Waals surface area (Å²) in [6, 6.07) is 16.8. The van der Waals surface area contributed by atoms with E-state index in [4.69, 9.17) is 12.2 Å². The molecular weight excluding hydrogens is 364 g/mol. The summed E-state index contributed by atoms with van der Waals surface area (Å²) in [6.45, 7) is -0.0361. The van der Waals surface area contributed by atoms with Gasteiger partial charge in [0.05, 0.1) is 11.4 Å². The molecule has 26 heavy (non-hydrogen) atoms. The van der Waals surface area contributed by atoms with E-state index in [-0.39, 0.29) is 18.2 Å². The standard InChI is InChI=1S/C20H18N2O2S2/c1-21(2)16-10-8-14(9-11-16)12-18-19(24)22(20(25)26-18)13-17(23)15-6-4-3-5-7-15/h3-12H,13H2,1-2H3/b18-12+. The van der Waals surface area contributed by atoms with Gasteiger partial charge in [-0.15, -0.1) is 0 Å². The molecule has 1 heterocycles. The summed E-state index contributed by atoms with van der Waals surface area (Å²) in [7, 11) is 3.95. The molecule has 0 radical (unpaired) electrons. The van der Waals surface area contributed by atoms with E-state index in [1.54, 1.807) is 24.3 Å². The highest BCUT2D eigenvalue weighted by molar-refractivity contribution is 8.26. The molecule has 2 aromatic carbocycles. The number of benzene rings is 2. The summed E-state index contributed by atoms with van der Waals surface area (Å²) in [4.78, 5) is 28.9. The summed E-state index contributed by atoms with van der Waals surface area (Å²) in [5.74, 6) is -0.348. The number of amides is 1. The maximum atomic E-state index is 12.7. The molecule has 4 nitrogen and oxygen atoms in total. The highest BCUT2D eigenvalue weighted by atomic mass is 32.2. The van der Waals surface area contributed by atoms with Crippen molar-refractivity contribution in [2.45, 2.75) is 0 Å². The monoisotopic (exact) mass is 382 g/mol. The van der Waals surface area contributed by atoms with Crippen molar-refractivity contribution in [3.8, 4) is 0 Å². The molecule has 132 valence electrons. The van der Waals surface area contributed by atoms with Gasteiger partial charge in [-0.3, -0.25) is 14.5 Å². The van der Waals surface area contributed by atoms with Crippen LogP contribution in [0.3, 0.4) is 0 Å². The van der Waals surface area contributed by atoms with E-state index in [1.165, 1.54) is 16.7 Å². The van der Waals surface area contributed by atoms with Crippen LogP contribution in [0.2, 0.25) is 0 Å². The van der Waals surface area contributed by atoms with E-state index in [0.29, 0.717) is 14.8 Å². The van der Waals surface area contributed by atoms with Crippen molar-refractivity contribution in [1.29, 1.82) is 0 Å². The summed E-state index contributed by atoms with van der Waals surface area (Å²) in [5, 5.41) is 0. The van der Waals surface area contributed by atoms with Gasteiger partial charge in [-0.2, -0.15) is 0 Å². The SMILES string of the molecule is CN(C)c1ccc(/C=C2/SC(=S)N(CC(=O)c3ccccc3)C2=O)cc1. The lowest BCUT2D eigenvalue weighted by atomic mass is 10.1. The lowest BCUT2D eigenvalue weighted by Crippen LogP contribution is -2.33. The van der Waals surface area contributed by atoms with Gasteiger partial charge in [-0.05, 0) is 23.8 Å². The van der Waals surface area contributed by atoms with E-state index < -0.39 is 0 Å². The highest BCUT2D eigenvalue weighted by Gasteiger charge is 2.33. The van der Waals surface area contributed by atoms with E-state index in [9.17, 15) is 9.59 Å². The largest absolute Gasteiger partial charge is 0.378 e. The first-order valence-corrected chi connectivity index (χ1v) is 9.29.